The molecule has 0 aromatic carbocycles. The summed E-state index contributed by atoms with van der Waals surface area (Å²) in [5, 5.41) is 0. The third-order valence-corrected chi connectivity index (χ3v) is 4.57. The molecule has 0 aliphatic carbocycles. The van der Waals surface area contributed by atoms with E-state index >= 15 is 0 Å². The molecule has 0 radical (unpaired) electrons. The average molecular weight is 291 g/mol. The van der Waals surface area contributed by atoms with Crippen LogP contribution in [0.5, 0.6) is 0 Å². The van der Waals surface area contributed by atoms with Crippen LogP contribution in [0.1, 0.15) is 25.1 Å². The molecule has 1 aromatic rings. The second-order valence-electron chi connectivity index (χ2n) is 5.87. The summed E-state index contributed by atoms with van der Waals surface area (Å²) in [5.74, 6) is 0.778. The summed E-state index contributed by atoms with van der Waals surface area (Å²) in [6.45, 7) is 2.09. The lowest BCUT2D eigenvalue weighted by Crippen LogP contribution is -2.46. The summed E-state index contributed by atoms with van der Waals surface area (Å²) in [6.07, 6.45) is 6.98. The molecule has 1 amide bonds. The van der Waals surface area contributed by atoms with Crippen LogP contribution in [0.25, 0.3) is 0 Å². The predicted octanol–water partition coefficient (Wildman–Crippen LogP) is 0.857. The largest absolute Gasteiger partial charge is 0.469 e. The Bertz CT molecular complexity index is 540. The van der Waals surface area contributed by atoms with Crippen LogP contribution in [0.4, 0.5) is 0 Å². The van der Waals surface area contributed by atoms with Crippen LogP contribution in [0.3, 0.4) is 0 Å². The molecule has 0 bridgehead atoms. The Morgan fingerprint density at radius 2 is 2.14 bits per heavy atom. The number of imidazole rings is 1. The zero-order chi connectivity index (χ0) is 14.8. The van der Waals surface area contributed by atoms with Gasteiger partial charge in [0, 0.05) is 44.4 Å². The summed E-state index contributed by atoms with van der Waals surface area (Å²) >= 11 is 0. The first kappa shape index (κ1) is 14.1. The molecule has 0 saturated carbocycles. The Balaban J connectivity index is 1.64. The van der Waals surface area contributed by atoms with E-state index in [2.05, 4.69) is 9.55 Å². The number of ether oxygens (including phenoxy) is 1. The molecule has 2 aliphatic rings. The maximum atomic E-state index is 12.7. The number of rotatable bonds is 2. The number of nitrogens with zero attached hydrogens (tertiary/aromatic N) is 3. The van der Waals surface area contributed by atoms with Gasteiger partial charge in [-0.3, -0.25) is 9.59 Å². The van der Waals surface area contributed by atoms with Gasteiger partial charge in [-0.05, 0) is 19.3 Å². The smallest absolute Gasteiger partial charge is 0.310 e. The summed E-state index contributed by atoms with van der Waals surface area (Å²) in [7, 11) is 1.41. The Morgan fingerprint density at radius 1 is 1.29 bits per heavy atom. The van der Waals surface area contributed by atoms with E-state index in [1.54, 1.807) is 6.20 Å². The Hall–Kier alpha value is -1.85. The fourth-order valence-corrected chi connectivity index (χ4v) is 3.36. The van der Waals surface area contributed by atoms with E-state index in [4.69, 9.17) is 4.74 Å². The molecule has 2 atom stereocenters. The van der Waals surface area contributed by atoms with Crippen LogP contribution >= 0.6 is 0 Å². The molecule has 1 aromatic heterocycles. The quantitative estimate of drug-likeness (QED) is 0.758. The van der Waals surface area contributed by atoms with Gasteiger partial charge < -0.3 is 14.2 Å². The minimum Gasteiger partial charge on any atom is -0.469 e. The predicted molar refractivity (Wildman–Crippen MR) is 75.4 cm³/mol. The molecular weight excluding hydrogens is 270 g/mol. The molecule has 21 heavy (non-hydrogen) atoms. The van der Waals surface area contributed by atoms with Gasteiger partial charge in [-0.1, -0.05) is 0 Å². The molecule has 114 valence electrons. The van der Waals surface area contributed by atoms with Gasteiger partial charge in [-0.15, -0.1) is 0 Å². The molecule has 2 aliphatic heterocycles. The number of hydrogen-bond donors (Lipinski definition) is 0. The number of methoxy groups -OCH3 is 1. The fourth-order valence-electron chi connectivity index (χ4n) is 3.36. The van der Waals surface area contributed by atoms with Gasteiger partial charge in [-0.25, -0.2) is 4.98 Å². The van der Waals surface area contributed by atoms with Crippen molar-refractivity contribution >= 4 is 11.9 Å². The first-order valence-electron chi connectivity index (χ1n) is 7.55. The van der Waals surface area contributed by atoms with Crippen LogP contribution in [0.2, 0.25) is 0 Å². The summed E-state index contributed by atoms with van der Waals surface area (Å²) in [4.78, 5) is 30.5. The molecule has 3 heterocycles. The van der Waals surface area contributed by atoms with Gasteiger partial charge >= 0.3 is 5.97 Å². The van der Waals surface area contributed by atoms with Crippen LogP contribution in [0, 0.1) is 11.8 Å². The van der Waals surface area contributed by atoms with E-state index in [-0.39, 0.29) is 23.7 Å². The standard InChI is InChI=1S/C15H21N3O3/c1-21-15(20)12-3-2-6-18(10-12)14(19)11-4-7-17-8-5-16-13(17)9-11/h5,8,11-12H,2-4,6-7,9-10H2,1H3. The number of aromatic nitrogens is 2. The van der Waals surface area contributed by atoms with Gasteiger partial charge in [0.2, 0.25) is 5.91 Å². The molecule has 6 nitrogen and oxygen atoms in total. The number of esters is 1. The summed E-state index contributed by atoms with van der Waals surface area (Å²) in [6, 6.07) is 0. The Kier molecular flexibility index (Phi) is 3.94. The number of carbonyl (C=O) groups excluding carboxylic acids is 2. The second-order valence-corrected chi connectivity index (χ2v) is 5.87. The van der Waals surface area contributed by atoms with Crippen LogP contribution in [-0.4, -0.2) is 46.5 Å². The Labute approximate surface area is 124 Å². The molecule has 1 fully saturated rings. The van der Waals surface area contributed by atoms with E-state index in [0.29, 0.717) is 13.0 Å². The monoisotopic (exact) mass is 291 g/mol. The van der Waals surface area contributed by atoms with Crippen LogP contribution < -0.4 is 0 Å². The van der Waals surface area contributed by atoms with E-state index < -0.39 is 0 Å². The van der Waals surface area contributed by atoms with Crippen LogP contribution in [-0.2, 0) is 27.3 Å². The van der Waals surface area contributed by atoms with Gasteiger partial charge in [0.25, 0.3) is 0 Å². The van der Waals surface area contributed by atoms with Crippen molar-refractivity contribution in [2.24, 2.45) is 11.8 Å². The third kappa shape index (κ3) is 2.80. The van der Waals surface area contributed by atoms with Crippen molar-refractivity contribution in [3.63, 3.8) is 0 Å². The minimum atomic E-state index is -0.202. The highest BCUT2D eigenvalue weighted by Crippen LogP contribution is 2.25. The highest BCUT2D eigenvalue weighted by molar-refractivity contribution is 5.80. The third-order valence-electron chi connectivity index (χ3n) is 4.57. The summed E-state index contributed by atoms with van der Waals surface area (Å²) in [5.41, 5.74) is 0. The van der Waals surface area contributed by atoms with Gasteiger partial charge in [-0.2, -0.15) is 0 Å². The van der Waals surface area contributed by atoms with E-state index in [9.17, 15) is 9.59 Å². The van der Waals surface area contributed by atoms with Crippen molar-refractivity contribution in [3.8, 4) is 0 Å². The molecule has 2 unspecified atom stereocenters. The zero-order valence-electron chi connectivity index (χ0n) is 12.3. The molecular formula is C15H21N3O3. The SMILES string of the molecule is COC(=O)C1CCCN(C(=O)C2CCn3ccnc3C2)C1. The lowest BCUT2D eigenvalue weighted by atomic mass is 9.92. The van der Waals surface area contributed by atoms with Gasteiger partial charge in [0.15, 0.2) is 0 Å². The number of piperidine rings is 1. The number of amides is 1. The fraction of sp³-hybridized carbons (Fsp3) is 0.667. The first-order valence-corrected chi connectivity index (χ1v) is 7.55. The minimum absolute atomic E-state index is 0.00343. The zero-order valence-corrected chi connectivity index (χ0v) is 12.3. The van der Waals surface area contributed by atoms with E-state index in [1.807, 2.05) is 11.1 Å². The van der Waals surface area contributed by atoms with E-state index in [1.165, 1.54) is 7.11 Å². The number of aryl methyl sites for hydroxylation is 1. The molecule has 6 heteroatoms. The van der Waals surface area contributed by atoms with Crippen LogP contribution in [0.15, 0.2) is 12.4 Å². The summed E-state index contributed by atoms with van der Waals surface area (Å²) < 4.78 is 6.92. The number of hydrogen-bond acceptors (Lipinski definition) is 4. The van der Waals surface area contributed by atoms with Gasteiger partial charge in [0.05, 0.1) is 13.0 Å². The van der Waals surface area contributed by atoms with Gasteiger partial charge in [0.1, 0.15) is 5.82 Å². The molecule has 3 rings (SSSR count). The van der Waals surface area contributed by atoms with Crippen molar-refractivity contribution < 1.29 is 14.3 Å². The maximum Gasteiger partial charge on any atom is 0.310 e. The topological polar surface area (TPSA) is 64.4 Å². The average Bonchev–Trinajstić information content (AvgIpc) is 3.01. The molecule has 0 spiro atoms. The van der Waals surface area contributed by atoms with Crippen molar-refractivity contribution in [2.75, 3.05) is 20.2 Å². The first-order chi connectivity index (χ1) is 10.2. The number of likely N-dealkylation sites (tertiary alicyclic amines) is 1. The van der Waals surface area contributed by atoms with Crippen molar-refractivity contribution in [2.45, 2.75) is 32.2 Å². The normalized spacial score (nSPS) is 25.3. The molecule has 0 N–H and O–H groups in total. The van der Waals surface area contributed by atoms with Crippen molar-refractivity contribution in [1.29, 1.82) is 0 Å². The number of fused-ring (bicyclic) bond motifs is 1. The number of carbonyl (C=O) groups is 2. The lowest BCUT2D eigenvalue weighted by Gasteiger charge is -2.34. The Morgan fingerprint density at radius 3 is 2.95 bits per heavy atom. The van der Waals surface area contributed by atoms with E-state index in [0.717, 1.165) is 38.2 Å². The highest BCUT2D eigenvalue weighted by atomic mass is 16.5. The maximum absolute atomic E-state index is 12.7. The molecule has 1 saturated heterocycles. The lowest BCUT2D eigenvalue weighted by molar-refractivity contribution is -0.150. The van der Waals surface area contributed by atoms with Crippen molar-refractivity contribution in [1.82, 2.24) is 14.5 Å². The van der Waals surface area contributed by atoms with Crippen molar-refractivity contribution in [3.05, 3.63) is 18.2 Å². The highest BCUT2D eigenvalue weighted by Gasteiger charge is 2.33. The second kappa shape index (κ2) is 5.87.